The van der Waals surface area contributed by atoms with Crippen molar-refractivity contribution < 1.29 is 0 Å². The van der Waals surface area contributed by atoms with Crippen molar-refractivity contribution in [3.8, 4) is 62.1 Å². The number of fused-ring (bicyclic) bond motifs is 6. The number of para-hydroxylation sites is 1. The van der Waals surface area contributed by atoms with Gasteiger partial charge in [0.2, 0.25) is 5.95 Å². The van der Waals surface area contributed by atoms with Crippen LogP contribution in [0.3, 0.4) is 0 Å². The molecule has 1 aliphatic rings. The minimum Gasteiger partial charge on any atom is -0.278 e. The number of hydrogen-bond donors (Lipinski definition) is 0. The highest BCUT2D eigenvalue weighted by molar-refractivity contribution is 6.10. The molecule has 0 N–H and O–H groups in total. The summed E-state index contributed by atoms with van der Waals surface area (Å²) >= 11 is 0. The predicted molar refractivity (Wildman–Crippen MR) is 253 cm³/mol. The van der Waals surface area contributed by atoms with Gasteiger partial charge >= 0.3 is 0 Å². The summed E-state index contributed by atoms with van der Waals surface area (Å²) in [5.74, 6) is 1.80. The van der Waals surface area contributed by atoms with Crippen LogP contribution in [-0.4, -0.2) is 19.5 Å². The van der Waals surface area contributed by atoms with Gasteiger partial charge in [-0.25, -0.2) is 4.98 Å². The summed E-state index contributed by atoms with van der Waals surface area (Å²) in [6.07, 6.45) is 0. The van der Waals surface area contributed by atoms with E-state index in [2.05, 4.69) is 211 Å². The molecular weight excluding hydrogens is 753 g/mol. The Bertz CT molecular complexity index is 3410. The average Bonchev–Trinajstić information content (AvgIpc) is 3.85. The fourth-order valence-electron chi connectivity index (χ4n) is 9.77. The Balaban J connectivity index is 1.08. The molecule has 0 fully saturated rings. The van der Waals surface area contributed by atoms with Crippen molar-refractivity contribution in [1.82, 2.24) is 19.5 Å². The molecule has 4 heteroatoms. The van der Waals surface area contributed by atoms with Crippen molar-refractivity contribution in [2.75, 3.05) is 0 Å². The second kappa shape index (κ2) is 14.5. The summed E-state index contributed by atoms with van der Waals surface area (Å²) in [6, 6.07) is 82.4. The lowest BCUT2D eigenvalue weighted by Gasteiger charge is -2.34. The molecule has 0 saturated carbocycles. The van der Waals surface area contributed by atoms with Crippen molar-refractivity contribution in [2.45, 2.75) is 5.41 Å². The van der Waals surface area contributed by atoms with Gasteiger partial charge in [-0.3, -0.25) is 4.57 Å². The minimum absolute atomic E-state index is 0.490. The van der Waals surface area contributed by atoms with Gasteiger partial charge in [0.25, 0.3) is 0 Å². The summed E-state index contributed by atoms with van der Waals surface area (Å²) in [4.78, 5) is 15.7. The van der Waals surface area contributed by atoms with Gasteiger partial charge < -0.3 is 0 Å². The zero-order chi connectivity index (χ0) is 41.0. The smallest absolute Gasteiger partial charge is 0.238 e. The third-order valence-electron chi connectivity index (χ3n) is 12.5. The Hall–Kier alpha value is -8.21. The SMILES string of the molecule is c1ccc(-c2cccc(-c3nc(-c4ccccc4)nc(-n4c5ccccc5c5ccc(-c6ccc7c(c6)C(c6ccccc6)(c6ccccc6)c6ccccc6-7)cc54)n3)c2)cc1. The molecule has 0 amide bonds. The molecule has 62 heavy (non-hydrogen) atoms. The highest BCUT2D eigenvalue weighted by Crippen LogP contribution is 2.56. The normalized spacial score (nSPS) is 12.6. The van der Waals surface area contributed by atoms with Gasteiger partial charge in [0.15, 0.2) is 11.6 Å². The molecule has 2 aromatic heterocycles. The molecule has 0 spiro atoms. The lowest BCUT2D eigenvalue weighted by Crippen LogP contribution is -2.28. The molecule has 2 heterocycles. The van der Waals surface area contributed by atoms with E-state index < -0.39 is 5.41 Å². The molecule has 0 bridgehead atoms. The van der Waals surface area contributed by atoms with Gasteiger partial charge in [-0.2, -0.15) is 9.97 Å². The Morgan fingerprint density at radius 1 is 0.306 bits per heavy atom. The predicted octanol–water partition coefficient (Wildman–Crippen LogP) is 14.0. The number of rotatable bonds is 7. The second-order valence-corrected chi connectivity index (χ2v) is 16.0. The third-order valence-corrected chi connectivity index (χ3v) is 12.5. The van der Waals surface area contributed by atoms with E-state index in [1.54, 1.807) is 0 Å². The van der Waals surface area contributed by atoms with Crippen LogP contribution in [0.25, 0.3) is 83.9 Å². The molecule has 0 aliphatic heterocycles. The van der Waals surface area contributed by atoms with E-state index in [9.17, 15) is 0 Å². The van der Waals surface area contributed by atoms with E-state index in [1.807, 2.05) is 24.3 Å². The van der Waals surface area contributed by atoms with Gasteiger partial charge in [-0.15, -0.1) is 0 Å². The molecule has 0 unspecified atom stereocenters. The van der Waals surface area contributed by atoms with Crippen LogP contribution < -0.4 is 0 Å². The van der Waals surface area contributed by atoms with Crippen molar-refractivity contribution >= 4 is 21.8 Å². The van der Waals surface area contributed by atoms with E-state index in [1.165, 1.54) is 33.4 Å². The molecule has 0 radical (unpaired) electrons. The molecule has 12 rings (SSSR count). The molecule has 0 atom stereocenters. The minimum atomic E-state index is -0.490. The summed E-state index contributed by atoms with van der Waals surface area (Å²) < 4.78 is 2.22. The second-order valence-electron chi connectivity index (χ2n) is 16.0. The number of benzene rings is 9. The molecule has 1 aliphatic carbocycles. The van der Waals surface area contributed by atoms with Crippen LogP contribution in [0.15, 0.2) is 231 Å². The number of aromatic nitrogens is 4. The highest BCUT2D eigenvalue weighted by atomic mass is 15.2. The van der Waals surface area contributed by atoms with Crippen LogP contribution in [0.4, 0.5) is 0 Å². The van der Waals surface area contributed by atoms with Crippen molar-refractivity contribution in [3.05, 3.63) is 253 Å². The van der Waals surface area contributed by atoms with Crippen LogP contribution in [0.1, 0.15) is 22.3 Å². The van der Waals surface area contributed by atoms with E-state index in [0.717, 1.165) is 55.2 Å². The monoisotopic (exact) mass is 790 g/mol. The van der Waals surface area contributed by atoms with Gasteiger partial charge in [0.1, 0.15) is 0 Å². The van der Waals surface area contributed by atoms with Gasteiger partial charge in [0, 0.05) is 21.9 Å². The van der Waals surface area contributed by atoms with Crippen LogP contribution in [-0.2, 0) is 5.41 Å². The van der Waals surface area contributed by atoms with Gasteiger partial charge in [-0.05, 0) is 79.9 Å². The first-order chi connectivity index (χ1) is 30.7. The molecule has 9 aromatic carbocycles. The lowest BCUT2D eigenvalue weighted by molar-refractivity contribution is 0.769. The van der Waals surface area contributed by atoms with Crippen LogP contribution in [0, 0.1) is 0 Å². The Morgan fingerprint density at radius 3 is 1.56 bits per heavy atom. The van der Waals surface area contributed by atoms with E-state index in [-0.39, 0.29) is 0 Å². The Kier molecular flexibility index (Phi) is 8.36. The largest absolute Gasteiger partial charge is 0.278 e. The fourth-order valence-corrected chi connectivity index (χ4v) is 9.77. The quantitative estimate of drug-likeness (QED) is 0.161. The number of nitrogens with zero attached hydrogens (tertiary/aromatic N) is 4. The molecule has 4 nitrogen and oxygen atoms in total. The highest BCUT2D eigenvalue weighted by Gasteiger charge is 2.46. The van der Waals surface area contributed by atoms with Gasteiger partial charge in [-0.1, -0.05) is 206 Å². The van der Waals surface area contributed by atoms with E-state index in [0.29, 0.717) is 17.6 Å². The summed E-state index contributed by atoms with van der Waals surface area (Å²) in [5, 5.41) is 2.27. The summed E-state index contributed by atoms with van der Waals surface area (Å²) in [6.45, 7) is 0. The zero-order valence-corrected chi connectivity index (χ0v) is 33.7. The topological polar surface area (TPSA) is 43.6 Å². The van der Waals surface area contributed by atoms with Crippen molar-refractivity contribution in [2.24, 2.45) is 0 Å². The van der Waals surface area contributed by atoms with Crippen molar-refractivity contribution in [3.63, 3.8) is 0 Å². The maximum atomic E-state index is 5.31. The first-order valence-electron chi connectivity index (χ1n) is 21.1. The maximum absolute atomic E-state index is 5.31. The lowest BCUT2D eigenvalue weighted by atomic mass is 9.67. The van der Waals surface area contributed by atoms with E-state index >= 15 is 0 Å². The van der Waals surface area contributed by atoms with E-state index in [4.69, 9.17) is 15.0 Å². The van der Waals surface area contributed by atoms with Gasteiger partial charge in [0.05, 0.1) is 16.4 Å². The Labute approximate surface area is 360 Å². The average molecular weight is 791 g/mol. The van der Waals surface area contributed by atoms with Crippen LogP contribution >= 0.6 is 0 Å². The van der Waals surface area contributed by atoms with Crippen LogP contribution in [0.5, 0.6) is 0 Å². The first kappa shape index (κ1) is 35.7. The standard InChI is InChI=1S/C58H38N4/c1-5-18-39(19-6-1)41-22-17-23-44(36-41)56-59-55(40-20-7-2-8-21-40)60-57(61-56)62-53-31-16-14-29-49(53)50-35-33-43(38-54(50)62)42-32-34-48-47-28-13-15-30-51(47)58(52(48)37-42,45-24-9-3-10-25-45)46-26-11-4-12-27-46/h1-38H. The summed E-state index contributed by atoms with van der Waals surface area (Å²) in [7, 11) is 0. The molecule has 290 valence electrons. The third kappa shape index (κ3) is 5.65. The Morgan fingerprint density at radius 2 is 0.823 bits per heavy atom. The molecular formula is C58H38N4. The zero-order valence-electron chi connectivity index (χ0n) is 33.7. The fraction of sp³-hybridized carbons (Fsp3) is 0.0172. The van der Waals surface area contributed by atoms with Crippen molar-refractivity contribution in [1.29, 1.82) is 0 Å². The number of hydrogen-bond acceptors (Lipinski definition) is 3. The molecule has 11 aromatic rings. The maximum Gasteiger partial charge on any atom is 0.238 e. The molecule has 0 saturated heterocycles. The summed E-state index contributed by atoms with van der Waals surface area (Å²) in [5.41, 5.74) is 15.5. The van der Waals surface area contributed by atoms with Crippen LogP contribution in [0.2, 0.25) is 0 Å². The first-order valence-corrected chi connectivity index (χ1v) is 21.1.